The van der Waals surface area contributed by atoms with E-state index in [1.807, 2.05) is 19.1 Å². The van der Waals surface area contributed by atoms with Crippen LogP contribution in [0.3, 0.4) is 0 Å². The number of piperidine rings is 1. The zero-order valence-corrected chi connectivity index (χ0v) is 12.3. The van der Waals surface area contributed by atoms with Crippen molar-refractivity contribution in [2.24, 2.45) is 0 Å². The van der Waals surface area contributed by atoms with Crippen LogP contribution in [0, 0.1) is 0 Å². The predicted octanol–water partition coefficient (Wildman–Crippen LogP) is 3.01. The van der Waals surface area contributed by atoms with Gasteiger partial charge >= 0.3 is 5.97 Å². The van der Waals surface area contributed by atoms with Crippen LogP contribution in [0.1, 0.15) is 33.1 Å². The second kappa shape index (κ2) is 7.17. The second-order valence-corrected chi connectivity index (χ2v) is 5.27. The fraction of sp³-hybridized carbons (Fsp3) is 0.562. The number of carbonyl (C=O) groups is 1. The Labute approximate surface area is 120 Å². The molecule has 1 aliphatic heterocycles. The molecule has 0 aromatic heterocycles. The Balaban J connectivity index is 1.85. The van der Waals surface area contributed by atoms with Crippen LogP contribution in [0.5, 0.6) is 5.75 Å². The average Bonchev–Trinajstić information content (AvgIpc) is 2.47. The van der Waals surface area contributed by atoms with Crippen molar-refractivity contribution in [2.75, 3.05) is 24.6 Å². The van der Waals surface area contributed by atoms with E-state index in [-0.39, 0.29) is 18.7 Å². The molecule has 0 saturated carbocycles. The first-order valence-corrected chi connectivity index (χ1v) is 7.30. The highest BCUT2D eigenvalue weighted by Crippen LogP contribution is 2.23. The van der Waals surface area contributed by atoms with Crippen molar-refractivity contribution in [3.05, 3.63) is 24.3 Å². The Morgan fingerprint density at radius 3 is 2.45 bits per heavy atom. The first-order chi connectivity index (χ1) is 9.65. The molecule has 1 aromatic rings. The Bertz CT molecular complexity index is 424. The molecule has 1 saturated heterocycles. The van der Waals surface area contributed by atoms with E-state index < -0.39 is 0 Å². The van der Waals surface area contributed by atoms with Crippen LogP contribution in [0.2, 0.25) is 0 Å². The zero-order chi connectivity index (χ0) is 14.4. The molecule has 20 heavy (non-hydrogen) atoms. The SMILES string of the molecule is CC(=O)OCC(C)Oc1ccc(N2CCCCC2)cc1. The van der Waals surface area contributed by atoms with E-state index >= 15 is 0 Å². The molecule has 0 N–H and O–H groups in total. The lowest BCUT2D eigenvalue weighted by Crippen LogP contribution is -2.29. The number of anilines is 1. The maximum atomic E-state index is 10.7. The van der Waals surface area contributed by atoms with Crippen LogP contribution in [-0.2, 0) is 9.53 Å². The standard InChI is InChI=1S/C16H23NO3/c1-13(12-19-14(2)18)20-16-8-6-15(7-9-16)17-10-4-3-5-11-17/h6-9,13H,3-5,10-12H2,1-2H3. The maximum Gasteiger partial charge on any atom is 0.302 e. The van der Waals surface area contributed by atoms with Gasteiger partial charge in [-0.05, 0) is 50.5 Å². The van der Waals surface area contributed by atoms with Crippen LogP contribution < -0.4 is 9.64 Å². The molecule has 1 heterocycles. The van der Waals surface area contributed by atoms with Crippen LogP contribution in [0.15, 0.2) is 24.3 Å². The highest BCUT2D eigenvalue weighted by atomic mass is 16.6. The van der Waals surface area contributed by atoms with E-state index in [1.54, 1.807) is 0 Å². The molecule has 0 aliphatic carbocycles. The smallest absolute Gasteiger partial charge is 0.302 e. The normalized spacial score (nSPS) is 16.6. The van der Waals surface area contributed by atoms with Crippen molar-refractivity contribution in [1.82, 2.24) is 0 Å². The molecule has 1 aromatic carbocycles. The summed E-state index contributed by atoms with van der Waals surface area (Å²) < 4.78 is 10.6. The van der Waals surface area contributed by atoms with Gasteiger partial charge in [0.15, 0.2) is 0 Å². The van der Waals surface area contributed by atoms with E-state index in [9.17, 15) is 4.79 Å². The average molecular weight is 277 g/mol. The van der Waals surface area contributed by atoms with E-state index in [2.05, 4.69) is 17.0 Å². The third kappa shape index (κ3) is 4.44. The summed E-state index contributed by atoms with van der Waals surface area (Å²) in [4.78, 5) is 13.1. The van der Waals surface area contributed by atoms with Crippen molar-refractivity contribution in [3.8, 4) is 5.75 Å². The summed E-state index contributed by atoms with van der Waals surface area (Å²) in [6, 6.07) is 8.15. The fourth-order valence-corrected chi connectivity index (χ4v) is 2.39. The van der Waals surface area contributed by atoms with Gasteiger partial charge in [-0.3, -0.25) is 4.79 Å². The summed E-state index contributed by atoms with van der Waals surface area (Å²) in [5, 5.41) is 0. The lowest BCUT2D eigenvalue weighted by atomic mass is 10.1. The highest BCUT2D eigenvalue weighted by Gasteiger charge is 2.11. The summed E-state index contributed by atoms with van der Waals surface area (Å²) in [5.74, 6) is 0.534. The summed E-state index contributed by atoms with van der Waals surface area (Å²) >= 11 is 0. The topological polar surface area (TPSA) is 38.8 Å². The molecule has 1 unspecified atom stereocenters. The number of hydrogen-bond donors (Lipinski definition) is 0. The molecule has 1 fully saturated rings. The molecular formula is C16H23NO3. The van der Waals surface area contributed by atoms with Gasteiger partial charge in [0, 0.05) is 25.7 Å². The largest absolute Gasteiger partial charge is 0.487 e. The minimum absolute atomic E-state index is 0.139. The number of ether oxygens (including phenoxy) is 2. The summed E-state index contributed by atoms with van der Waals surface area (Å²) in [6.45, 7) is 5.86. The number of carbonyl (C=O) groups excluding carboxylic acids is 1. The van der Waals surface area contributed by atoms with E-state index in [0.717, 1.165) is 18.8 Å². The Hall–Kier alpha value is -1.71. The summed E-state index contributed by atoms with van der Waals surface area (Å²) in [5.41, 5.74) is 1.25. The third-order valence-electron chi connectivity index (χ3n) is 3.42. The number of esters is 1. The minimum atomic E-state index is -0.277. The van der Waals surface area contributed by atoms with Crippen molar-refractivity contribution in [3.63, 3.8) is 0 Å². The number of rotatable bonds is 5. The molecule has 0 radical (unpaired) electrons. The molecule has 0 spiro atoms. The molecule has 4 nitrogen and oxygen atoms in total. The van der Waals surface area contributed by atoms with Gasteiger partial charge in [-0.15, -0.1) is 0 Å². The first-order valence-electron chi connectivity index (χ1n) is 7.30. The molecule has 110 valence electrons. The van der Waals surface area contributed by atoms with E-state index in [4.69, 9.17) is 9.47 Å². The lowest BCUT2D eigenvalue weighted by molar-refractivity contribution is -0.143. The third-order valence-corrected chi connectivity index (χ3v) is 3.42. The fourth-order valence-electron chi connectivity index (χ4n) is 2.39. The molecule has 0 amide bonds. The van der Waals surface area contributed by atoms with Crippen molar-refractivity contribution >= 4 is 11.7 Å². The Morgan fingerprint density at radius 1 is 1.20 bits per heavy atom. The van der Waals surface area contributed by atoms with Gasteiger partial charge in [0.1, 0.15) is 18.5 Å². The maximum absolute atomic E-state index is 10.7. The molecule has 4 heteroatoms. The zero-order valence-electron chi connectivity index (χ0n) is 12.3. The first kappa shape index (κ1) is 14.7. The molecule has 1 aliphatic rings. The number of benzene rings is 1. The molecule has 0 bridgehead atoms. The molecule has 2 rings (SSSR count). The van der Waals surface area contributed by atoms with Gasteiger partial charge in [-0.2, -0.15) is 0 Å². The predicted molar refractivity (Wildman–Crippen MR) is 79.2 cm³/mol. The van der Waals surface area contributed by atoms with Crippen LogP contribution in [-0.4, -0.2) is 31.8 Å². The Morgan fingerprint density at radius 2 is 1.85 bits per heavy atom. The van der Waals surface area contributed by atoms with Crippen molar-refractivity contribution < 1.29 is 14.3 Å². The minimum Gasteiger partial charge on any atom is -0.487 e. The van der Waals surface area contributed by atoms with Gasteiger partial charge in [-0.1, -0.05) is 0 Å². The Kier molecular flexibility index (Phi) is 5.27. The highest BCUT2D eigenvalue weighted by molar-refractivity contribution is 5.65. The lowest BCUT2D eigenvalue weighted by Gasteiger charge is -2.29. The van der Waals surface area contributed by atoms with Crippen molar-refractivity contribution in [1.29, 1.82) is 0 Å². The summed E-state index contributed by atoms with van der Waals surface area (Å²) in [7, 11) is 0. The molecular weight excluding hydrogens is 254 g/mol. The second-order valence-electron chi connectivity index (χ2n) is 5.27. The van der Waals surface area contributed by atoms with E-state index in [0.29, 0.717) is 0 Å². The van der Waals surface area contributed by atoms with Gasteiger partial charge in [0.05, 0.1) is 0 Å². The molecule has 1 atom stereocenters. The quantitative estimate of drug-likeness (QED) is 0.776. The van der Waals surface area contributed by atoms with Crippen LogP contribution in [0.4, 0.5) is 5.69 Å². The number of nitrogens with zero attached hydrogens (tertiary/aromatic N) is 1. The van der Waals surface area contributed by atoms with Crippen LogP contribution >= 0.6 is 0 Å². The summed E-state index contributed by atoms with van der Waals surface area (Å²) in [6.07, 6.45) is 3.75. The number of hydrogen-bond acceptors (Lipinski definition) is 4. The van der Waals surface area contributed by atoms with Crippen LogP contribution in [0.25, 0.3) is 0 Å². The van der Waals surface area contributed by atoms with E-state index in [1.165, 1.54) is 31.9 Å². The van der Waals surface area contributed by atoms with Gasteiger partial charge in [0.2, 0.25) is 0 Å². The van der Waals surface area contributed by atoms with Crippen molar-refractivity contribution in [2.45, 2.75) is 39.2 Å². The van der Waals surface area contributed by atoms with Gasteiger partial charge < -0.3 is 14.4 Å². The van der Waals surface area contributed by atoms with Gasteiger partial charge in [-0.25, -0.2) is 0 Å². The van der Waals surface area contributed by atoms with Gasteiger partial charge in [0.25, 0.3) is 0 Å². The monoisotopic (exact) mass is 277 g/mol.